The van der Waals surface area contributed by atoms with E-state index < -0.39 is 11.9 Å². The Kier molecular flexibility index (Phi) is 6.00. The monoisotopic (exact) mass is 342 g/mol. The Hall–Kier alpha value is -1.17. The van der Waals surface area contributed by atoms with Crippen LogP contribution in [0.15, 0.2) is 18.2 Å². The van der Waals surface area contributed by atoms with Gasteiger partial charge in [0.05, 0.1) is 23.6 Å². The lowest BCUT2D eigenvalue weighted by molar-refractivity contribution is -0.124. The van der Waals surface area contributed by atoms with Crippen LogP contribution in [-0.4, -0.2) is 41.7 Å². The fraction of sp³-hybridized carbons (Fsp3) is 0.588. The average molecular weight is 343 g/mol. The van der Waals surface area contributed by atoms with Crippen LogP contribution in [0.4, 0.5) is 4.39 Å². The smallest absolute Gasteiger partial charge is 0.222 e. The SMILES string of the molecule is CC(C)C(O)CC(=O)NC1CCN(C)C1c1ccc(Cl)c(F)c1. The minimum atomic E-state index is -0.652. The second kappa shape index (κ2) is 7.60. The van der Waals surface area contributed by atoms with Gasteiger partial charge in [0.2, 0.25) is 5.91 Å². The number of carbonyl (C=O) groups is 1. The average Bonchev–Trinajstić information content (AvgIpc) is 2.82. The van der Waals surface area contributed by atoms with Crippen LogP contribution in [0.3, 0.4) is 0 Å². The number of halogens is 2. The zero-order valence-corrected chi connectivity index (χ0v) is 14.5. The zero-order chi connectivity index (χ0) is 17.1. The van der Waals surface area contributed by atoms with Crippen molar-refractivity contribution in [2.75, 3.05) is 13.6 Å². The van der Waals surface area contributed by atoms with Crippen LogP contribution in [0.2, 0.25) is 5.02 Å². The molecule has 3 unspecified atom stereocenters. The Morgan fingerprint density at radius 3 is 2.83 bits per heavy atom. The van der Waals surface area contributed by atoms with Crippen molar-refractivity contribution in [3.05, 3.63) is 34.6 Å². The summed E-state index contributed by atoms with van der Waals surface area (Å²) in [5.74, 6) is -0.594. The quantitative estimate of drug-likeness (QED) is 0.865. The van der Waals surface area contributed by atoms with Gasteiger partial charge in [-0.1, -0.05) is 31.5 Å². The van der Waals surface area contributed by atoms with Crippen LogP contribution in [0.25, 0.3) is 0 Å². The van der Waals surface area contributed by atoms with Crippen LogP contribution in [0, 0.1) is 11.7 Å². The standard InChI is InChI=1S/C17H24ClFN2O2/c1-10(2)15(22)9-16(23)20-14-6-7-21(3)17(14)11-4-5-12(18)13(19)8-11/h4-5,8,10,14-15,17,22H,6-7,9H2,1-3H3,(H,20,23). The number of carbonyl (C=O) groups excluding carboxylic acids is 1. The first kappa shape index (κ1) is 18.2. The summed E-state index contributed by atoms with van der Waals surface area (Å²) in [6, 6.07) is 4.56. The van der Waals surface area contributed by atoms with Crippen molar-refractivity contribution in [1.82, 2.24) is 10.2 Å². The molecular weight excluding hydrogens is 319 g/mol. The number of nitrogens with one attached hydrogen (secondary N) is 1. The molecular formula is C17H24ClFN2O2. The summed E-state index contributed by atoms with van der Waals surface area (Å²) >= 11 is 5.75. The molecule has 0 radical (unpaired) electrons. The summed E-state index contributed by atoms with van der Waals surface area (Å²) < 4.78 is 13.7. The third kappa shape index (κ3) is 4.43. The number of benzene rings is 1. The van der Waals surface area contributed by atoms with Crippen molar-refractivity contribution < 1.29 is 14.3 Å². The van der Waals surface area contributed by atoms with E-state index in [4.69, 9.17) is 11.6 Å². The Labute approximate surface area is 141 Å². The number of hydrogen-bond donors (Lipinski definition) is 2. The molecule has 1 aromatic carbocycles. The summed E-state index contributed by atoms with van der Waals surface area (Å²) in [5.41, 5.74) is 0.793. The van der Waals surface area contributed by atoms with E-state index in [9.17, 15) is 14.3 Å². The fourth-order valence-electron chi connectivity index (χ4n) is 2.97. The van der Waals surface area contributed by atoms with Gasteiger partial charge in [0.15, 0.2) is 0 Å². The first-order valence-electron chi connectivity index (χ1n) is 7.92. The van der Waals surface area contributed by atoms with Crippen LogP contribution < -0.4 is 5.32 Å². The van der Waals surface area contributed by atoms with Crippen LogP contribution in [0.1, 0.15) is 38.3 Å². The maximum absolute atomic E-state index is 13.7. The Morgan fingerprint density at radius 1 is 1.52 bits per heavy atom. The molecule has 3 atom stereocenters. The molecule has 2 N–H and O–H groups in total. The molecule has 1 aliphatic heterocycles. The summed E-state index contributed by atoms with van der Waals surface area (Å²) in [5, 5.41) is 12.9. The van der Waals surface area contributed by atoms with Gasteiger partial charge in [-0.05, 0) is 37.1 Å². The highest BCUT2D eigenvalue weighted by molar-refractivity contribution is 6.30. The number of aliphatic hydroxyl groups is 1. The number of likely N-dealkylation sites (N-methyl/N-ethyl adjacent to an activating group) is 1. The molecule has 0 bridgehead atoms. The molecule has 23 heavy (non-hydrogen) atoms. The van der Waals surface area contributed by atoms with Crippen molar-refractivity contribution in [3.8, 4) is 0 Å². The highest BCUT2D eigenvalue weighted by atomic mass is 35.5. The summed E-state index contributed by atoms with van der Waals surface area (Å²) in [4.78, 5) is 14.2. The number of likely N-dealkylation sites (tertiary alicyclic amines) is 1. The van der Waals surface area contributed by atoms with E-state index in [0.29, 0.717) is 0 Å². The van der Waals surface area contributed by atoms with Gasteiger partial charge < -0.3 is 10.4 Å². The third-order valence-electron chi connectivity index (χ3n) is 4.44. The van der Waals surface area contributed by atoms with E-state index in [1.807, 2.05) is 20.9 Å². The highest BCUT2D eigenvalue weighted by Crippen LogP contribution is 2.32. The second-order valence-corrected chi connectivity index (χ2v) is 6.98. The molecule has 4 nitrogen and oxygen atoms in total. The van der Waals surface area contributed by atoms with E-state index in [2.05, 4.69) is 10.2 Å². The lowest BCUT2D eigenvalue weighted by atomic mass is 9.99. The normalized spacial score (nSPS) is 23.3. The van der Waals surface area contributed by atoms with Gasteiger partial charge >= 0.3 is 0 Å². The molecule has 2 rings (SSSR count). The molecule has 128 valence electrons. The molecule has 6 heteroatoms. The highest BCUT2D eigenvalue weighted by Gasteiger charge is 2.34. The van der Waals surface area contributed by atoms with Gasteiger partial charge in [0.25, 0.3) is 0 Å². The molecule has 0 aliphatic carbocycles. The summed E-state index contributed by atoms with van der Waals surface area (Å²) in [6.45, 7) is 4.56. The first-order chi connectivity index (χ1) is 10.8. The van der Waals surface area contributed by atoms with Crippen molar-refractivity contribution in [2.45, 2.75) is 44.9 Å². The van der Waals surface area contributed by atoms with E-state index >= 15 is 0 Å². The molecule has 1 heterocycles. The van der Waals surface area contributed by atoms with E-state index in [1.165, 1.54) is 6.07 Å². The van der Waals surface area contributed by atoms with Gasteiger partial charge in [-0.3, -0.25) is 9.69 Å². The van der Waals surface area contributed by atoms with Gasteiger partial charge in [-0.15, -0.1) is 0 Å². The van der Waals surface area contributed by atoms with Crippen molar-refractivity contribution in [3.63, 3.8) is 0 Å². The molecule has 1 fully saturated rings. The minimum absolute atomic E-state index is 0.0353. The van der Waals surface area contributed by atoms with E-state index in [-0.39, 0.29) is 35.4 Å². The third-order valence-corrected chi connectivity index (χ3v) is 4.75. The zero-order valence-electron chi connectivity index (χ0n) is 13.7. The molecule has 0 saturated carbocycles. The first-order valence-corrected chi connectivity index (χ1v) is 8.30. The number of hydrogen-bond acceptors (Lipinski definition) is 3. The largest absolute Gasteiger partial charge is 0.392 e. The Morgan fingerprint density at radius 2 is 2.22 bits per heavy atom. The number of nitrogens with zero attached hydrogens (tertiary/aromatic N) is 1. The lowest BCUT2D eigenvalue weighted by Crippen LogP contribution is -2.40. The maximum Gasteiger partial charge on any atom is 0.222 e. The Balaban J connectivity index is 2.09. The molecule has 1 saturated heterocycles. The number of rotatable bonds is 5. The van der Waals surface area contributed by atoms with Gasteiger partial charge in [-0.2, -0.15) is 0 Å². The lowest BCUT2D eigenvalue weighted by Gasteiger charge is -2.27. The maximum atomic E-state index is 13.7. The minimum Gasteiger partial charge on any atom is -0.392 e. The van der Waals surface area contributed by atoms with Crippen LogP contribution >= 0.6 is 11.6 Å². The second-order valence-electron chi connectivity index (χ2n) is 6.58. The molecule has 1 amide bonds. The van der Waals surface area contributed by atoms with Gasteiger partial charge in [-0.25, -0.2) is 4.39 Å². The molecule has 0 aromatic heterocycles. The Bertz CT molecular complexity index is 568. The molecule has 1 aromatic rings. The van der Waals surface area contributed by atoms with Crippen molar-refractivity contribution in [1.29, 1.82) is 0 Å². The van der Waals surface area contributed by atoms with Crippen molar-refractivity contribution >= 4 is 17.5 Å². The van der Waals surface area contributed by atoms with E-state index in [1.54, 1.807) is 12.1 Å². The fourth-order valence-corrected chi connectivity index (χ4v) is 3.09. The number of aliphatic hydroxyl groups excluding tert-OH is 1. The molecule has 1 aliphatic rings. The summed E-state index contributed by atoms with van der Waals surface area (Å²) in [6.07, 6.45) is 0.217. The molecule has 0 spiro atoms. The summed E-state index contributed by atoms with van der Waals surface area (Å²) in [7, 11) is 1.95. The van der Waals surface area contributed by atoms with Crippen LogP contribution in [-0.2, 0) is 4.79 Å². The predicted octanol–water partition coefficient (Wildman–Crippen LogP) is 2.75. The van der Waals surface area contributed by atoms with E-state index in [0.717, 1.165) is 18.5 Å². The topological polar surface area (TPSA) is 52.6 Å². The predicted molar refractivity (Wildman–Crippen MR) is 88.8 cm³/mol. The van der Waals surface area contributed by atoms with Gasteiger partial charge in [0, 0.05) is 12.6 Å². The van der Waals surface area contributed by atoms with Crippen LogP contribution in [0.5, 0.6) is 0 Å². The van der Waals surface area contributed by atoms with Crippen molar-refractivity contribution in [2.24, 2.45) is 5.92 Å². The number of amides is 1. The van der Waals surface area contributed by atoms with Gasteiger partial charge in [0.1, 0.15) is 5.82 Å².